The molecule has 0 spiro atoms. The molecule has 1 aliphatic carbocycles. The molecule has 17 heavy (non-hydrogen) atoms. The molecule has 0 heterocycles. The minimum absolute atomic E-state index is 0.678. The quantitative estimate of drug-likeness (QED) is 0.623. The van der Waals surface area contributed by atoms with Crippen molar-refractivity contribution < 1.29 is 0 Å². The average molecular weight is 226 g/mol. The lowest BCUT2D eigenvalue weighted by molar-refractivity contribution is 0.979. The molecule has 2 rings (SSSR count). The van der Waals surface area contributed by atoms with E-state index in [1.165, 1.54) is 11.1 Å². The van der Waals surface area contributed by atoms with Crippen molar-refractivity contribution in [3.8, 4) is 0 Å². The Labute approximate surface area is 103 Å². The first-order chi connectivity index (χ1) is 8.25. The van der Waals surface area contributed by atoms with E-state index in [9.17, 15) is 0 Å². The monoisotopic (exact) mass is 226 g/mol. The minimum Gasteiger partial charge on any atom is -0.387 e. The average Bonchev–Trinajstić information content (AvgIpc) is 2.33. The van der Waals surface area contributed by atoms with Gasteiger partial charge in [0, 0.05) is 6.42 Å². The van der Waals surface area contributed by atoms with Crippen molar-refractivity contribution in [3.63, 3.8) is 0 Å². The molecule has 0 aromatic heterocycles. The van der Waals surface area contributed by atoms with Crippen LogP contribution in [0.25, 0.3) is 0 Å². The van der Waals surface area contributed by atoms with Crippen molar-refractivity contribution in [3.05, 3.63) is 59.3 Å². The largest absolute Gasteiger partial charge is 0.387 e. The van der Waals surface area contributed by atoms with Gasteiger partial charge in [-0.15, -0.1) is 0 Å². The molecule has 0 saturated carbocycles. The molecule has 0 atom stereocenters. The van der Waals surface area contributed by atoms with Gasteiger partial charge in [0.05, 0.1) is 5.70 Å². The molecule has 2 N–H and O–H groups in total. The molecule has 0 saturated heterocycles. The zero-order valence-corrected chi connectivity index (χ0v) is 10.2. The molecule has 0 radical (unpaired) electrons. The van der Waals surface area contributed by atoms with Gasteiger partial charge in [-0.1, -0.05) is 42.5 Å². The molecule has 1 aromatic carbocycles. The van der Waals surface area contributed by atoms with Gasteiger partial charge in [-0.2, -0.15) is 0 Å². The maximum absolute atomic E-state index is 5.98. The number of nitrogens with zero attached hydrogens (tertiary/aromatic N) is 1. The third kappa shape index (κ3) is 3.31. The molecule has 88 valence electrons. The predicted molar refractivity (Wildman–Crippen MR) is 72.8 cm³/mol. The lowest BCUT2D eigenvalue weighted by Gasteiger charge is -2.09. The summed E-state index contributed by atoms with van der Waals surface area (Å²) in [4.78, 5) is 4.50. The number of amidine groups is 1. The number of nitrogens with two attached hydrogens (primary N) is 1. The van der Waals surface area contributed by atoms with Crippen LogP contribution in [-0.2, 0) is 6.42 Å². The van der Waals surface area contributed by atoms with E-state index in [-0.39, 0.29) is 0 Å². The number of allylic oxidation sites excluding steroid dienone is 3. The zero-order chi connectivity index (χ0) is 12.1. The van der Waals surface area contributed by atoms with Gasteiger partial charge in [-0.3, -0.25) is 0 Å². The van der Waals surface area contributed by atoms with Crippen LogP contribution in [0.4, 0.5) is 0 Å². The van der Waals surface area contributed by atoms with Crippen molar-refractivity contribution in [1.82, 2.24) is 0 Å². The number of hydrogen-bond donors (Lipinski definition) is 1. The highest BCUT2D eigenvalue weighted by Gasteiger charge is 2.04. The van der Waals surface area contributed by atoms with E-state index in [2.05, 4.69) is 36.2 Å². The van der Waals surface area contributed by atoms with Gasteiger partial charge in [0.15, 0.2) is 0 Å². The second kappa shape index (κ2) is 5.48. The molecule has 0 fully saturated rings. The topological polar surface area (TPSA) is 38.4 Å². The summed E-state index contributed by atoms with van der Waals surface area (Å²) in [6, 6.07) is 10.2. The van der Waals surface area contributed by atoms with Crippen molar-refractivity contribution in [2.24, 2.45) is 10.7 Å². The highest BCUT2D eigenvalue weighted by Crippen LogP contribution is 2.19. The maximum atomic E-state index is 5.98. The van der Waals surface area contributed by atoms with Gasteiger partial charge >= 0.3 is 0 Å². The Balaban J connectivity index is 2.08. The Morgan fingerprint density at radius 1 is 1.18 bits per heavy atom. The second-order valence-corrected chi connectivity index (χ2v) is 4.32. The highest BCUT2D eigenvalue weighted by atomic mass is 14.9. The normalized spacial score (nSPS) is 16.4. The van der Waals surface area contributed by atoms with Crippen molar-refractivity contribution in [2.45, 2.75) is 26.2 Å². The number of rotatable bonds is 3. The third-order valence-corrected chi connectivity index (χ3v) is 2.85. The summed E-state index contributed by atoms with van der Waals surface area (Å²) in [5.74, 6) is 0.678. The first-order valence-corrected chi connectivity index (χ1v) is 6.00. The van der Waals surface area contributed by atoms with E-state index in [4.69, 9.17) is 5.73 Å². The van der Waals surface area contributed by atoms with Crippen LogP contribution in [0, 0.1) is 0 Å². The first kappa shape index (κ1) is 11.6. The summed E-state index contributed by atoms with van der Waals surface area (Å²) in [6.45, 7) is 2.09. The van der Waals surface area contributed by atoms with Crippen molar-refractivity contribution in [2.75, 3.05) is 0 Å². The maximum Gasteiger partial charge on any atom is 0.104 e. The lowest BCUT2D eigenvalue weighted by Crippen LogP contribution is -2.15. The predicted octanol–water partition coefficient (Wildman–Crippen LogP) is 3.21. The Kier molecular flexibility index (Phi) is 3.76. The van der Waals surface area contributed by atoms with Crippen LogP contribution in [0.5, 0.6) is 0 Å². The fraction of sp³-hybridized carbons (Fsp3) is 0.267. The molecule has 0 bridgehead atoms. The Morgan fingerprint density at radius 3 is 2.59 bits per heavy atom. The van der Waals surface area contributed by atoms with E-state index in [1.807, 2.05) is 18.2 Å². The van der Waals surface area contributed by atoms with Crippen LogP contribution in [0.2, 0.25) is 0 Å². The van der Waals surface area contributed by atoms with Gasteiger partial charge < -0.3 is 5.73 Å². The summed E-state index contributed by atoms with van der Waals surface area (Å²) in [5.41, 5.74) is 9.44. The van der Waals surface area contributed by atoms with E-state index in [0.717, 1.165) is 18.5 Å². The molecule has 0 amide bonds. The van der Waals surface area contributed by atoms with Crippen LogP contribution in [0.3, 0.4) is 0 Å². The molecular weight excluding hydrogens is 208 g/mol. The molecule has 2 heteroatoms. The molecule has 1 aromatic rings. The minimum atomic E-state index is 0.678. The van der Waals surface area contributed by atoms with Crippen LogP contribution in [0.15, 0.2) is 58.7 Å². The van der Waals surface area contributed by atoms with Gasteiger partial charge in [-0.05, 0) is 30.9 Å². The highest BCUT2D eigenvalue weighted by molar-refractivity contribution is 5.84. The number of hydrogen-bond acceptors (Lipinski definition) is 1. The van der Waals surface area contributed by atoms with E-state index >= 15 is 0 Å². The van der Waals surface area contributed by atoms with Crippen molar-refractivity contribution in [1.29, 1.82) is 0 Å². The standard InChI is InChI=1S/C15H18N2/c1-12-7-5-6-10-14(12)17-15(16)11-13-8-3-2-4-9-13/h2-4,7-10H,5-6,11H2,1H3,(H2,16,17). The van der Waals surface area contributed by atoms with E-state index in [0.29, 0.717) is 12.3 Å². The van der Waals surface area contributed by atoms with Gasteiger partial charge in [-0.25, -0.2) is 4.99 Å². The van der Waals surface area contributed by atoms with Crippen LogP contribution in [-0.4, -0.2) is 5.84 Å². The van der Waals surface area contributed by atoms with Gasteiger partial charge in [0.25, 0.3) is 0 Å². The fourth-order valence-corrected chi connectivity index (χ4v) is 1.92. The van der Waals surface area contributed by atoms with E-state index in [1.54, 1.807) is 0 Å². The summed E-state index contributed by atoms with van der Waals surface area (Å²) < 4.78 is 0. The van der Waals surface area contributed by atoms with Crippen molar-refractivity contribution >= 4 is 5.84 Å². The summed E-state index contributed by atoms with van der Waals surface area (Å²) >= 11 is 0. The van der Waals surface area contributed by atoms with Crippen LogP contribution in [0.1, 0.15) is 25.3 Å². The number of aliphatic imine (C=N–C) groups is 1. The third-order valence-electron chi connectivity index (χ3n) is 2.85. The fourth-order valence-electron chi connectivity index (χ4n) is 1.92. The Bertz CT molecular complexity index is 467. The van der Waals surface area contributed by atoms with Gasteiger partial charge in [0.1, 0.15) is 5.84 Å². The van der Waals surface area contributed by atoms with Crippen LogP contribution >= 0.6 is 0 Å². The Hall–Kier alpha value is -1.83. The SMILES string of the molecule is CC1=CCCC=C1N=C(N)Cc1ccccc1. The summed E-state index contributed by atoms with van der Waals surface area (Å²) in [7, 11) is 0. The molecule has 0 aliphatic heterocycles. The Morgan fingerprint density at radius 2 is 1.88 bits per heavy atom. The summed E-state index contributed by atoms with van der Waals surface area (Å²) in [6.07, 6.45) is 7.27. The summed E-state index contributed by atoms with van der Waals surface area (Å²) in [5, 5.41) is 0. The van der Waals surface area contributed by atoms with Gasteiger partial charge in [0.2, 0.25) is 0 Å². The number of benzene rings is 1. The smallest absolute Gasteiger partial charge is 0.104 e. The molecule has 1 aliphatic rings. The lowest BCUT2D eigenvalue weighted by atomic mass is 10.1. The molecule has 0 unspecified atom stereocenters. The zero-order valence-electron chi connectivity index (χ0n) is 10.2. The molecule has 2 nitrogen and oxygen atoms in total. The first-order valence-electron chi connectivity index (χ1n) is 6.00. The van der Waals surface area contributed by atoms with E-state index < -0.39 is 0 Å². The molecular formula is C15H18N2. The van der Waals surface area contributed by atoms with Crippen LogP contribution < -0.4 is 5.73 Å². The second-order valence-electron chi connectivity index (χ2n) is 4.32.